The summed E-state index contributed by atoms with van der Waals surface area (Å²) in [4.78, 5) is 62.3. The van der Waals surface area contributed by atoms with E-state index in [0.29, 0.717) is 0 Å². The zero-order valence-corrected chi connectivity index (χ0v) is 18.2. The lowest BCUT2D eigenvalue weighted by molar-refractivity contribution is -0.119. The third-order valence-electron chi connectivity index (χ3n) is 4.73. The number of nitrogens with one attached hydrogen (secondary N) is 1. The predicted octanol–water partition coefficient (Wildman–Crippen LogP) is 3.10. The first kappa shape index (κ1) is 22.2. The van der Waals surface area contributed by atoms with Crippen molar-refractivity contribution in [2.75, 3.05) is 16.8 Å². The summed E-state index contributed by atoms with van der Waals surface area (Å²) in [6.45, 7) is -0.634. The first-order chi connectivity index (χ1) is 15.8. The van der Waals surface area contributed by atoms with E-state index < -0.39 is 36.2 Å². The van der Waals surface area contributed by atoms with Gasteiger partial charge < -0.3 is 15.8 Å². The number of nitrogens with zero attached hydrogens (tertiary/aromatic N) is 1. The number of fused-ring (bicyclic) bond motifs is 1. The molecule has 3 aromatic rings. The Hall–Kier alpha value is -4.02. The number of imide groups is 1. The van der Waals surface area contributed by atoms with Crippen LogP contribution in [0, 0.1) is 0 Å². The Bertz CT molecular complexity index is 1340. The van der Waals surface area contributed by atoms with Gasteiger partial charge in [0.25, 0.3) is 23.6 Å². The number of hydrogen-bond donors (Lipinski definition) is 2. The largest absolute Gasteiger partial charge is 0.452 e. The fraction of sp³-hybridized carbons (Fsp3) is 0.0455. The molecule has 0 atom stereocenters. The average molecular weight is 484 g/mol. The monoisotopic (exact) mass is 483 g/mol. The molecule has 0 bridgehead atoms. The number of thiophene rings is 1. The van der Waals surface area contributed by atoms with E-state index in [4.69, 9.17) is 22.1 Å². The van der Waals surface area contributed by atoms with E-state index in [1.807, 2.05) is 0 Å². The molecule has 0 saturated heterocycles. The molecule has 4 rings (SSSR count). The van der Waals surface area contributed by atoms with Crippen LogP contribution in [0.3, 0.4) is 0 Å². The maximum absolute atomic E-state index is 12.9. The molecule has 1 aliphatic heterocycles. The van der Waals surface area contributed by atoms with Crippen LogP contribution in [0.15, 0.2) is 53.9 Å². The number of ether oxygens (including phenoxy) is 1. The van der Waals surface area contributed by atoms with E-state index in [9.17, 15) is 24.0 Å². The van der Waals surface area contributed by atoms with Crippen molar-refractivity contribution in [3.8, 4) is 0 Å². The highest BCUT2D eigenvalue weighted by Crippen LogP contribution is 2.33. The molecule has 0 spiro atoms. The molecular formula is C22H14ClN3O6S. The summed E-state index contributed by atoms with van der Waals surface area (Å²) in [5, 5.41) is 4.49. The van der Waals surface area contributed by atoms with Gasteiger partial charge in [-0.15, -0.1) is 11.3 Å². The molecule has 0 saturated carbocycles. The third kappa shape index (κ3) is 4.21. The number of carbonyl (C=O) groups is 5. The topological polar surface area (TPSA) is 136 Å². The number of rotatable bonds is 6. The van der Waals surface area contributed by atoms with Crippen molar-refractivity contribution in [2.24, 2.45) is 5.73 Å². The number of amides is 4. The molecule has 9 nitrogen and oxygen atoms in total. The highest BCUT2D eigenvalue weighted by atomic mass is 35.5. The van der Waals surface area contributed by atoms with E-state index in [1.165, 1.54) is 30.3 Å². The molecule has 3 N–H and O–H groups in total. The van der Waals surface area contributed by atoms with Gasteiger partial charge in [0.15, 0.2) is 6.61 Å². The van der Waals surface area contributed by atoms with E-state index >= 15 is 0 Å². The number of para-hydroxylation sites is 1. The number of halogens is 1. The smallest absolute Gasteiger partial charge is 0.338 e. The fourth-order valence-corrected chi connectivity index (χ4v) is 4.23. The Kier molecular flexibility index (Phi) is 5.95. The van der Waals surface area contributed by atoms with Crippen molar-refractivity contribution in [1.82, 2.24) is 0 Å². The quantitative estimate of drug-likeness (QED) is 0.408. The molecule has 1 aromatic heterocycles. The summed E-state index contributed by atoms with van der Waals surface area (Å²) in [5.41, 5.74) is 5.71. The zero-order valence-electron chi connectivity index (χ0n) is 16.7. The second-order valence-corrected chi connectivity index (χ2v) is 8.13. The van der Waals surface area contributed by atoms with Crippen LogP contribution >= 0.6 is 22.9 Å². The molecule has 0 aliphatic carbocycles. The van der Waals surface area contributed by atoms with Crippen molar-refractivity contribution >= 4 is 63.2 Å². The van der Waals surface area contributed by atoms with Crippen molar-refractivity contribution in [1.29, 1.82) is 0 Å². The van der Waals surface area contributed by atoms with Gasteiger partial charge in [-0.1, -0.05) is 23.7 Å². The second kappa shape index (κ2) is 8.85. The van der Waals surface area contributed by atoms with Gasteiger partial charge in [0, 0.05) is 0 Å². The van der Waals surface area contributed by atoms with Crippen LogP contribution in [0.25, 0.3) is 0 Å². The van der Waals surface area contributed by atoms with Gasteiger partial charge in [-0.05, 0) is 41.8 Å². The van der Waals surface area contributed by atoms with Crippen LogP contribution in [-0.4, -0.2) is 36.2 Å². The number of anilines is 2. The Labute approximate surface area is 195 Å². The number of esters is 1. The van der Waals surface area contributed by atoms with Crippen molar-refractivity contribution in [3.05, 3.63) is 81.2 Å². The van der Waals surface area contributed by atoms with E-state index in [1.54, 1.807) is 23.6 Å². The van der Waals surface area contributed by atoms with Gasteiger partial charge in [-0.3, -0.25) is 19.2 Å². The van der Waals surface area contributed by atoms with Gasteiger partial charge in [-0.25, -0.2) is 9.69 Å². The molecule has 2 aromatic carbocycles. The van der Waals surface area contributed by atoms with E-state index in [2.05, 4.69) is 5.32 Å². The Morgan fingerprint density at radius 3 is 2.48 bits per heavy atom. The second-order valence-electron chi connectivity index (χ2n) is 6.81. The van der Waals surface area contributed by atoms with Crippen LogP contribution in [0.4, 0.5) is 10.7 Å². The number of carbonyl (C=O) groups excluding carboxylic acids is 5. The van der Waals surface area contributed by atoms with Gasteiger partial charge in [-0.2, -0.15) is 0 Å². The lowest BCUT2D eigenvalue weighted by atomic mass is 10.1. The summed E-state index contributed by atoms with van der Waals surface area (Å²) in [6, 6.07) is 11.8. The minimum atomic E-state index is -0.870. The number of nitrogens with two attached hydrogens (primary N) is 1. The minimum Gasteiger partial charge on any atom is -0.452 e. The maximum atomic E-state index is 12.9. The molecule has 0 fully saturated rings. The van der Waals surface area contributed by atoms with Crippen LogP contribution in [0.5, 0.6) is 0 Å². The minimum absolute atomic E-state index is 0.0161. The fourth-order valence-electron chi connectivity index (χ4n) is 3.20. The van der Waals surface area contributed by atoms with Crippen LogP contribution in [0.2, 0.25) is 5.02 Å². The summed E-state index contributed by atoms with van der Waals surface area (Å²) in [7, 11) is 0. The molecule has 4 amide bonds. The summed E-state index contributed by atoms with van der Waals surface area (Å²) < 4.78 is 5.00. The molecule has 2 heterocycles. The van der Waals surface area contributed by atoms with Gasteiger partial charge >= 0.3 is 5.97 Å². The lowest BCUT2D eigenvalue weighted by Crippen LogP contribution is -2.29. The molecule has 33 heavy (non-hydrogen) atoms. The number of benzene rings is 2. The van der Waals surface area contributed by atoms with E-state index in [-0.39, 0.29) is 38.0 Å². The van der Waals surface area contributed by atoms with Crippen molar-refractivity contribution in [2.45, 2.75) is 0 Å². The highest BCUT2D eigenvalue weighted by Gasteiger charge is 2.38. The average Bonchev–Trinajstić information content (AvgIpc) is 3.35. The Balaban J connectivity index is 1.46. The normalized spacial score (nSPS) is 12.5. The Morgan fingerprint density at radius 2 is 1.76 bits per heavy atom. The molecule has 166 valence electrons. The molecule has 0 unspecified atom stereocenters. The molecule has 11 heteroatoms. The molecule has 1 aliphatic rings. The highest BCUT2D eigenvalue weighted by molar-refractivity contribution is 7.14. The van der Waals surface area contributed by atoms with Crippen LogP contribution < -0.4 is 16.0 Å². The molecule has 0 radical (unpaired) electrons. The van der Waals surface area contributed by atoms with Gasteiger partial charge in [0.05, 0.1) is 33.0 Å². The lowest BCUT2D eigenvalue weighted by Gasteiger charge is -2.15. The predicted molar refractivity (Wildman–Crippen MR) is 121 cm³/mol. The van der Waals surface area contributed by atoms with Gasteiger partial charge in [0.2, 0.25) is 0 Å². The number of primary amides is 1. The summed E-state index contributed by atoms with van der Waals surface area (Å²) in [6.07, 6.45) is 0. The van der Waals surface area contributed by atoms with Crippen molar-refractivity contribution < 1.29 is 28.7 Å². The summed E-state index contributed by atoms with van der Waals surface area (Å²) in [5.74, 6) is -3.45. The first-order valence-corrected chi connectivity index (χ1v) is 10.7. The zero-order chi connectivity index (χ0) is 23.7. The van der Waals surface area contributed by atoms with E-state index in [0.717, 1.165) is 16.2 Å². The van der Waals surface area contributed by atoms with Crippen LogP contribution in [-0.2, 0) is 9.53 Å². The standard InChI is InChI=1S/C22H14ClN3O6S/c23-15-3-1-2-4-16(15)26-20(29)12-6-5-11(9-14(12)21(26)30)22(31)32-10-17(27)25-19-13(18(24)28)7-8-33-19/h1-9H,10H2,(H2,24,28)(H,25,27). The van der Waals surface area contributed by atoms with Crippen LogP contribution in [0.1, 0.15) is 41.4 Å². The molecular weight excluding hydrogens is 470 g/mol. The Morgan fingerprint density at radius 1 is 1.03 bits per heavy atom. The SMILES string of the molecule is NC(=O)c1ccsc1NC(=O)COC(=O)c1ccc2c(c1)C(=O)N(c1ccccc1Cl)C2=O. The first-order valence-electron chi connectivity index (χ1n) is 9.39. The van der Waals surface area contributed by atoms with Gasteiger partial charge in [0.1, 0.15) is 5.00 Å². The third-order valence-corrected chi connectivity index (χ3v) is 5.88. The van der Waals surface area contributed by atoms with Crippen molar-refractivity contribution in [3.63, 3.8) is 0 Å². The maximum Gasteiger partial charge on any atom is 0.338 e. The summed E-state index contributed by atoms with van der Waals surface area (Å²) >= 11 is 7.22. The number of hydrogen-bond acceptors (Lipinski definition) is 7.